The Kier molecular flexibility index (Phi) is 7.94. The first-order valence-electron chi connectivity index (χ1n) is 5.13. The van der Waals surface area contributed by atoms with Crippen LogP contribution in [-0.4, -0.2) is 12.1 Å². The van der Waals surface area contributed by atoms with Crippen molar-refractivity contribution < 1.29 is 9.53 Å². The first-order valence-corrected chi connectivity index (χ1v) is 5.95. The van der Waals surface area contributed by atoms with E-state index in [1.165, 1.54) is 5.56 Å². The molecule has 1 aromatic carbocycles. The number of benzene rings is 1. The first kappa shape index (κ1) is 14.1. The summed E-state index contributed by atoms with van der Waals surface area (Å²) >= 11 is 0. The molecule has 0 fully saturated rings. The molecular formula is C12H19O2P. The van der Waals surface area contributed by atoms with E-state index < -0.39 is 0 Å². The lowest BCUT2D eigenvalue weighted by Crippen LogP contribution is -2.04. The Morgan fingerprint density at radius 1 is 1.27 bits per heavy atom. The third-order valence-corrected chi connectivity index (χ3v) is 2.02. The van der Waals surface area contributed by atoms with Crippen molar-refractivity contribution in [3.63, 3.8) is 0 Å². The molecule has 0 N–H and O–H groups in total. The summed E-state index contributed by atoms with van der Waals surface area (Å²) in [6, 6.07) is 7.94. The van der Waals surface area contributed by atoms with Crippen molar-refractivity contribution in [2.24, 2.45) is 0 Å². The lowest BCUT2D eigenvalue weighted by atomic mass is 10.2. The molecule has 0 heterocycles. The lowest BCUT2D eigenvalue weighted by Gasteiger charge is -2.03. The predicted molar refractivity (Wildman–Crippen MR) is 66.9 cm³/mol. The minimum absolute atomic E-state index is 0.189. The molecule has 1 atom stereocenters. The van der Waals surface area contributed by atoms with E-state index in [1.807, 2.05) is 45.0 Å². The van der Waals surface area contributed by atoms with E-state index in [-0.39, 0.29) is 5.97 Å². The van der Waals surface area contributed by atoms with Crippen LogP contribution in [0.1, 0.15) is 25.0 Å². The summed E-state index contributed by atoms with van der Waals surface area (Å²) in [6.07, 6.45) is 0.353. The van der Waals surface area contributed by atoms with Gasteiger partial charge in [-0.15, -0.1) is 9.24 Å². The van der Waals surface area contributed by atoms with Crippen LogP contribution in [-0.2, 0) is 16.1 Å². The molecule has 0 aliphatic heterocycles. The Balaban J connectivity index is 0.000000921. The molecule has 3 heteroatoms. The van der Waals surface area contributed by atoms with Gasteiger partial charge in [-0.25, -0.2) is 0 Å². The highest BCUT2D eigenvalue weighted by molar-refractivity contribution is 7.18. The maximum Gasteiger partial charge on any atom is 0.309 e. The van der Waals surface area contributed by atoms with Gasteiger partial charge in [-0.1, -0.05) is 43.7 Å². The summed E-state index contributed by atoms with van der Waals surface area (Å²) in [6.45, 7) is 6.39. The van der Waals surface area contributed by atoms with Crippen molar-refractivity contribution in [2.75, 3.05) is 6.16 Å². The zero-order valence-electron chi connectivity index (χ0n) is 9.62. The van der Waals surface area contributed by atoms with Crippen LogP contribution in [0.4, 0.5) is 0 Å². The summed E-state index contributed by atoms with van der Waals surface area (Å²) < 4.78 is 4.96. The number of carbonyl (C=O) groups excluding carboxylic acids is 1. The van der Waals surface area contributed by atoms with E-state index in [4.69, 9.17) is 4.74 Å². The van der Waals surface area contributed by atoms with Crippen molar-refractivity contribution >= 4 is 15.2 Å². The van der Waals surface area contributed by atoms with Crippen molar-refractivity contribution in [3.05, 3.63) is 35.4 Å². The fourth-order valence-electron chi connectivity index (χ4n) is 0.907. The summed E-state index contributed by atoms with van der Waals surface area (Å²) in [5.74, 6) is -0.189. The van der Waals surface area contributed by atoms with Crippen molar-refractivity contribution in [2.45, 2.75) is 27.4 Å². The third kappa shape index (κ3) is 6.24. The van der Waals surface area contributed by atoms with E-state index >= 15 is 0 Å². The largest absolute Gasteiger partial charge is 0.461 e. The minimum atomic E-state index is -0.189. The Hall–Kier alpha value is -0.880. The van der Waals surface area contributed by atoms with Crippen molar-refractivity contribution in [1.82, 2.24) is 0 Å². The second-order valence-corrected chi connectivity index (χ2v) is 3.26. The van der Waals surface area contributed by atoms with Crippen LogP contribution < -0.4 is 0 Å². The van der Waals surface area contributed by atoms with Gasteiger partial charge in [0.1, 0.15) is 6.61 Å². The maximum atomic E-state index is 10.8. The van der Waals surface area contributed by atoms with Crippen molar-refractivity contribution in [3.8, 4) is 0 Å². The quantitative estimate of drug-likeness (QED) is 0.585. The average Bonchev–Trinajstić information content (AvgIpc) is 2.30. The van der Waals surface area contributed by atoms with Gasteiger partial charge in [0.05, 0.1) is 6.16 Å². The molecule has 1 aromatic rings. The van der Waals surface area contributed by atoms with E-state index in [0.717, 1.165) is 5.56 Å². The molecule has 15 heavy (non-hydrogen) atoms. The van der Waals surface area contributed by atoms with Crippen LogP contribution in [0.25, 0.3) is 0 Å². The van der Waals surface area contributed by atoms with Gasteiger partial charge < -0.3 is 4.74 Å². The molecule has 0 radical (unpaired) electrons. The fraction of sp³-hybridized carbons (Fsp3) is 0.417. The Labute approximate surface area is 94.2 Å². The number of hydrogen-bond acceptors (Lipinski definition) is 2. The lowest BCUT2D eigenvalue weighted by molar-refractivity contribution is -0.141. The number of esters is 1. The van der Waals surface area contributed by atoms with Crippen LogP contribution >= 0.6 is 9.24 Å². The van der Waals surface area contributed by atoms with Gasteiger partial charge in [-0.3, -0.25) is 4.79 Å². The highest BCUT2D eigenvalue weighted by Crippen LogP contribution is 2.04. The molecular weight excluding hydrogens is 207 g/mol. The minimum Gasteiger partial charge on any atom is -0.461 e. The van der Waals surface area contributed by atoms with Gasteiger partial charge >= 0.3 is 5.97 Å². The smallest absolute Gasteiger partial charge is 0.309 e. The SMILES string of the molecule is CC.Cc1ccc(COC(=O)CP)cc1. The zero-order valence-corrected chi connectivity index (χ0v) is 10.8. The van der Waals surface area contributed by atoms with Crippen LogP contribution in [0.2, 0.25) is 0 Å². The highest BCUT2D eigenvalue weighted by atomic mass is 31.0. The Bertz CT molecular complexity index is 280. The second-order valence-electron chi connectivity index (χ2n) is 2.85. The summed E-state index contributed by atoms with van der Waals surface area (Å²) in [4.78, 5) is 10.8. The van der Waals surface area contributed by atoms with Gasteiger partial charge in [0.25, 0.3) is 0 Å². The monoisotopic (exact) mass is 226 g/mol. The number of hydrogen-bond donors (Lipinski definition) is 0. The normalized spacial score (nSPS) is 8.80. The maximum absolute atomic E-state index is 10.8. The molecule has 0 aromatic heterocycles. The Morgan fingerprint density at radius 3 is 2.27 bits per heavy atom. The molecule has 0 aliphatic rings. The molecule has 0 aliphatic carbocycles. The fourth-order valence-corrected chi connectivity index (χ4v) is 1.02. The van der Waals surface area contributed by atoms with E-state index in [2.05, 4.69) is 9.24 Å². The number of carbonyl (C=O) groups is 1. The van der Waals surface area contributed by atoms with Gasteiger partial charge in [0.2, 0.25) is 0 Å². The van der Waals surface area contributed by atoms with Crippen LogP contribution in [0.15, 0.2) is 24.3 Å². The number of ether oxygens (including phenoxy) is 1. The van der Waals surface area contributed by atoms with Gasteiger partial charge in [0.15, 0.2) is 0 Å². The summed E-state index contributed by atoms with van der Waals surface area (Å²) in [5, 5.41) is 0. The molecule has 0 spiro atoms. The van der Waals surface area contributed by atoms with E-state index in [0.29, 0.717) is 12.8 Å². The van der Waals surface area contributed by atoms with E-state index in [9.17, 15) is 4.79 Å². The standard InChI is InChI=1S/C10H13O2P.C2H6/c1-8-2-4-9(5-3-8)6-12-10(11)7-13;1-2/h2-5H,6-7,13H2,1H3;1-2H3. The zero-order chi connectivity index (χ0) is 11.7. The number of rotatable bonds is 3. The molecule has 1 rings (SSSR count). The molecule has 0 saturated heterocycles. The third-order valence-electron chi connectivity index (χ3n) is 1.69. The second kappa shape index (κ2) is 8.43. The molecule has 0 bridgehead atoms. The first-order chi connectivity index (χ1) is 7.22. The average molecular weight is 226 g/mol. The van der Waals surface area contributed by atoms with Crippen LogP contribution in [0.3, 0.4) is 0 Å². The van der Waals surface area contributed by atoms with Gasteiger partial charge in [-0.05, 0) is 12.5 Å². The van der Waals surface area contributed by atoms with Gasteiger partial charge in [0, 0.05) is 0 Å². The Morgan fingerprint density at radius 2 is 1.80 bits per heavy atom. The highest BCUT2D eigenvalue weighted by Gasteiger charge is 1.98. The van der Waals surface area contributed by atoms with Crippen molar-refractivity contribution in [1.29, 1.82) is 0 Å². The van der Waals surface area contributed by atoms with E-state index in [1.54, 1.807) is 0 Å². The molecule has 2 nitrogen and oxygen atoms in total. The van der Waals surface area contributed by atoms with Gasteiger partial charge in [-0.2, -0.15) is 0 Å². The number of aryl methyl sites for hydroxylation is 1. The predicted octanol–water partition coefficient (Wildman–Crippen LogP) is 2.94. The topological polar surface area (TPSA) is 26.3 Å². The molecule has 1 unspecified atom stereocenters. The van der Waals surface area contributed by atoms with Crippen LogP contribution in [0, 0.1) is 6.92 Å². The molecule has 0 saturated carbocycles. The molecule has 0 amide bonds. The summed E-state index contributed by atoms with van der Waals surface area (Å²) in [5.41, 5.74) is 2.23. The van der Waals surface area contributed by atoms with Crippen LogP contribution in [0.5, 0.6) is 0 Å². The molecule has 84 valence electrons. The summed E-state index contributed by atoms with van der Waals surface area (Å²) in [7, 11) is 2.34.